The van der Waals surface area contributed by atoms with Crippen LogP contribution < -0.4 is 4.74 Å². The molecule has 0 saturated heterocycles. The van der Waals surface area contributed by atoms with Crippen molar-refractivity contribution < 1.29 is 14.3 Å². The van der Waals surface area contributed by atoms with E-state index in [-0.39, 0.29) is 11.6 Å². The Balaban J connectivity index is 2.01. The molecular formula is C15H18O3. The fourth-order valence-corrected chi connectivity index (χ4v) is 3.10. The van der Waals surface area contributed by atoms with Crippen LogP contribution in [0.15, 0.2) is 18.2 Å². The summed E-state index contributed by atoms with van der Waals surface area (Å²) in [6.45, 7) is 2.26. The number of methoxy groups -OCH3 is 1. The molecule has 1 fully saturated rings. The smallest absolute Gasteiger partial charge is 0.339 e. The Labute approximate surface area is 107 Å². The molecule has 1 heterocycles. The van der Waals surface area contributed by atoms with Gasteiger partial charge in [0.25, 0.3) is 0 Å². The molecule has 0 atom stereocenters. The SMILES string of the molecule is COc1ccc2c(c1)C(=O)OC21CCC(C)CC1. The molecule has 3 nitrogen and oxygen atoms in total. The average molecular weight is 246 g/mol. The summed E-state index contributed by atoms with van der Waals surface area (Å²) in [6.07, 6.45) is 4.13. The van der Waals surface area contributed by atoms with E-state index >= 15 is 0 Å². The number of carbonyl (C=O) groups is 1. The first-order valence-electron chi connectivity index (χ1n) is 6.56. The molecule has 2 aliphatic rings. The molecule has 0 N–H and O–H groups in total. The summed E-state index contributed by atoms with van der Waals surface area (Å²) in [6, 6.07) is 5.71. The Morgan fingerprint density at radius 3 is 2.72 bits per heavy atom. The van der Waals surface area contributed by atoms with Crippen molar-refractivity contribution in [3.05, 3.63) is 29.3 Å². The van der Waals surface area contributed by atoms with Crippen LogP contribution in [0, 0.1) is 5.92 Å². The van der Waals surface area contributed by atoms with Crippen molar-refractivity contribution in [2.45, 2.75) is 38.2 Å². The number of hydrogen-bond donors (Lipinski definition) is 0. The lowest BCUT2D eigenvalue weighted by Gasteiger charge is -2.35. The highest BCUT2D eigenvalue weighted by molar-refractivity contribution is 5.95. The summed E-state index contributed by atoms with van der Waals surface area (Å²) in [5, 5.41) is 0. The first-order chi connectivity index (χ1) is 8.64. The molecule has 3 rings (SSSR count). The molecule has 0 radical (unpaired) electrons. The second kappa shape index (κ2) is 4.01. The van der Waals surface area contributed by atoms with Gasteiger partial charge in [-0.15, -0.1) is 0 Å². The van der Waals surface area contributed by atoms with E-state index in [4.69, 9.17) is 9.47 Å². The summed E-state index contributed by atoms with van der Waals surface area (Å²) in [5.41, 5.74) is 1.38. The van der Waals surface area contributed by atoms with Gasteiger partial charge >= 0.3 is 5.97 Å². The van der Waals surface area contributed by atoms with Crippen LogP contribution in [0.4, 0.5) is 0 Å². The van der Waals surface area contributed by atoms with Gasteiger partial charge < -0.3 is 9.47 Å². The standard InChI is InChI=1S/C15H18O3/c1-10-5-7-15(8-6-10)13-4-3-11(17-2)9-12(13)14(16)18-15/h3-4,9-10H,5-8H2,1-2H3. The molecule has 1 aliphatic carbocycles. The largest absolute Gasteiger partial charge is 0.497 e. The van der Waals surface area contributed by atoms with E-state index in [0.717, 1.165) is 37.2 Å². The maximum absolute atomic E-state index is 12.0. The van der Waals surface area contributed by atoms with E-state index < -0.39 is 0 Å². The van der Waals surface area contributed by atoms with Crippen molar-refractivity contribution in [3.63, 3.8) is 0 Å². The number of hydrogen-bond acceptors (Lipinski definition) is 3. The van der Waals surface area contributed by atoms with Gasteiger partial charge in [0.1, 0.15) is 11.4 Å². The lowest BCUT2D eigenvalue weighted by atomic mass is 9.75. The molecule has 1 saturated carbocycles. The zero-order valence-electron chi connectivity index (χ0n) is 10.9. The number of fused-ring (bicyclic) bond motifs is 2. The predicted octanol–water partition coefficient (Wildman–Crippen LogP) is 3.27. The second-order valence-corrected chi connectivity index (χ2v) is 5.48. The first kappa shape index (κ1) is 11.6. The Hall–Kier alpha value is -1.51. The Morgan fingerprint density at radius 1 is 1.33 bits per heavy atom. The van der Waals surface area contributed by atoms with Gasteiger partial charge in [-0.1, -0.05) is 13.0 Å². The van der Waals surface area contributed by atoms with Crippen LogP contribution >= 0.6 is 0 Å². The maximum atomic E-state index is 12.0. The molecule has 18 heavy (non-hydrogen) atoms. The molecule has 1 aromatic rings. The normalized spacial score (nSPS) is 30.1. The number of benzene rings is 1. The van der Waals surface area contributed by atoms with E-state index in [1.807, 2.05) is 12.1 Å². The van der Waals surface area contributed by atoms with E-state index in [1.54, 1.807) is 13.2 Å². The minimum Gasteiger partial charge on any atom is -0.497 e. The van der Waals surface area contributed by atoms with Crippen molar-refractivity contribution in [2.24, 2.45) is 5.92 Å². The van der Waals surface area contributed by atoms with Crippen LogP contribution in [0.25, 0.3) is 0 Å². The van der Waals surface area contributed by atoms with Crippen molar-refractivity contribution in [2.75, 3.05) is 7.11 Å². The van der Waals surface area contributed by atoms with Gasteiger partial charge in [0, 0.05) is 5.56 Å². The summed E-state index contributed by atoms with van der Waals surface area (Å²) in [4.78, 5) is 12.0. The molecule has 0 amide bonds. The average Bonchev–Trinajstić information content (AvgIpc) is 2.66. The van der Waals surface area contributed by atoms with Crippen LogP contribution in [0.1, 0.15) is 48.5 Å². The molecule has 0 bridgehead atoms. The Kier molecular flexibility index (Phi) is 2.58. The molecular weight excluding hydrogens is 228 g/mol. The summed E-state index contributed by atoms with van der Waals surface area (Å²) < 4.78 is 10.9. The van der Waals surface area contributed by atoms with Gasteiger partial charge in [-0.25, -0.2) is 4.79 Å². The Bertz CT molecular complexity index is 485. The zero-order valence-corrected chi connectivity index (χ0v) is 10.9. The van der Waals surface area contributed by atoms with Crippen molar-refractivity contribution in [1.82, 2.24) is 0 Å². The van der Waals surface area contributed by atoms with Crippen LogP contribution in [0.5, 0.6) is 5.75 Å². The summed E-state index contributed by atoms with van der Waals surface area (Å²) in [7, 11) is 1.61. The van der Waals surface area contributed by atoms with Gasteiger partial charge in [0.15, 0.2) is 0 Å². The number of esters is 1. The van der Waals surface area contributed by atoms with Crippen LogP contribution in [0.3, 0.4) is 0 Å². The van der Waals surface area contributed by atoms with Gasteiger partial charge in [0.05, 0.1) is 12.7 Å². The fourth-order valence-electron chi connectivity index (χ4n) is 3.10. The second-order valence-electron chi connectivity index (χ2n) is 5.48. The lowest BCUT2D eigenvalue weighted by Crippen LogP contribution is -2.31. The third-order valence-corrected chi connectivity index (χ3v) is 4.31. The predicted molar refractivity (Wildman–Crippen MR) is 67.7 cm³/mol. The third-order valence-electron chi connectivity index (χ3n) is 4.31. The van der Waals surface area contributed by atoms with Gasteiger partial charge in [0.2, 0.25) is 0 Å². The van der Waals surface area contributed by atoms with Gasteiger partial charge in [-0.3, -0.25) is 0 Å². The van der Waals surface area contributed by atoms with E-state index in [2.05, 4.69) is 6.92 Å². The van der Waals surface area contributed by atoms with E-state index in [9.17, 15) is 4.79 Å². The van der Waals surface area contributed by atoms with Crippen LogP contribution in [0.2, 0.25) is 0 Å². The molecule has 3 heteroatoms. The molecule has 0 aromatic heterocycles. The van der Waals surface area contributed by atoms with Gasteiger partial charge in [-0.05, 0) is 43.7 Å². The highest BCUT2D eigenvalue weighted by Gasteiger charge is 2.47. The van der Waals surface area contributed by atoms with E-state index in [1.165, 1.54) is 0 Å². The summed E-state index contributed by atoms with van der Waals surface area (Å²) >= 11 is 0. The molecule has 1 spiro atoms. The maximum Gasteiger partial charge on any atom is 0.339 e. The Morgan fingerprint density at radius 2 is 2.06 bits per heavy atom. The summed E-state index contributed by atoms with van der Waals surface area (Å²) in [5.74, 6) is 1.25. The molecule has 0 unspecified atom stereocenters. The lowest BCUT2D eigenvalue weighted by molar-refractivity contribution is -0.0346. The zero-order chi connectivity index (χ0) is 12.8. The van der Waals surface area contributed by atoms with Crippen molar-refractivity contribution in [3.8, 4) is 5.75 Å². The minimum absolute atomic E-state index is 0.196. The number of rotatable bonds is 1. The van der Waals surface area contributed by atoms with Crippen LogP contribution in [-0.4, -0.2) is 13.1 Å². The number of carbonyl (C=O) groups excluding carboxylic acids is 1. The number of ether oxygens (including phenoxy) is 2. The highest BCUT2D eigenvalue weighted by atomic mass is 16.6. The monoisotopic (exact) mass is 246 g/mol. The fraction of sp³-hybridized carbons (Fsp3) is 0.533. The topological polar surface area (TPSA) is 35.5 Å². The van der Waals surface area contributed by atoms with E-state index in [0.29, 0.717) is 11.3 Å². The van der Waals surface area contributed by atoms with Crippen LogP contribution in [-0.2, 0) is 10.3 Å². The molecule has 1 aromatic carbocycles. The quantitative estimate of drug-likeness (QED) is 0.713. The molecule has 96 valence electrons. The molecule has 1 aliphatic heterocycles. The van der Waals surface area contributed by atoms with Crippen molar-refractivity contribution in [1.29, 1.82) is 0 Å². The van der Waals surface area contributed by atoms with Crippen molar-refractivity contribution >= 4 is 5.97 Å². The first-order valence-corrected chi connectivity index (χ1v) is 6.56. The third kappa shape index (κ3) is 1.61. The minimum atomic E-state index is -0.356. The highest BCUT2D eigenvalue weighted by Crippen LogP contribution is 2.48. The van der Waals surface area contributed by atoms with Gasteiger partial charge in [-0.2, -0.15) is 0 Å².